The van der Waals surface area contributed by atoms with Crippen LogP contribution in [-0.2, 0) is 9.53 Å². The maximum Gasteiger partial charge on any atom is 0.453 e. The highest BCUT2D eigenvalue weighted by Crippen LogP contribution is 2.38. The van der Waals surface area contributed by atoms with Crippen molar-refractivity contribution in [3.05, 3.63) is 65.7 Å². The van der Waals surface area contributed by atoms with Gasteiger partial charge >= 0.3 is 24.0 Å². The predicted molar refractivity (Wildman–Crippen MR) is 128 cm³/mol. The molecule has 0 aliphatic heterocycles. The fourth-order valence-electron chi connectivity index (χ4n) is 3.04. The zero-order chi connectivity index (χ0) is 27.3. The molecule has 0 radical (unpaired) electrons. The van der Waals surface area contributed by atoms with Gasteiger partial charge in [0.2, 0.25) is 0 Å². The Morgan fingerprint density at radius 1 is 0.811 bits per heavy atom. The van der Waals surface area contributed by atoms with Gasteiger partial charge in [-0.3, -0.25) is 0 Å². The number of unbranched alkanes of at least 4 members (excludes halogenated alkanes) is 3. The molecular weight excluding hydrogens is 499 g/mol. The van der Waals surface area contributed by atoms with Crippen LogP contribution in [0.4, 0.5) is 22.0 Å². The van der Waals surface area contributed by atoms with E-state index in [2.05, 4.69) is 6.92 Å². The van der Waals surface area contributed by atoms with E-state index in [-0.39, 0.29) is 23.7 Å². The minimum Gasteiger partial charge on any atom is -0.494 e. The van der Waals surface area contributed by atoms with Gasteiger partial charge in [-0.2, -0.15) is 22.0 Å². The Balaban J connectivity index is 1.77. The minimum absolute atomic E-state index is 0.182. The van der Waals surface area contributed by atoms with E-state index in [4.69, 9.17) is 14.2 Å². The second kappa shape index (κ2) is 14.3. The second-order valence-electron chi connectivity index (χ2n) is 8.20. The topological polar surface area (TPSA) is 61.8 Å². The summed E-state index contributed by atoms with van der Waals surface area (Å²) in [5, 5.41) is 0. The van der Waals surface area contributed by atoms with Crippen molar-refractivity contribution < 1.29 is 45.8 Å². The lowest BCUT2D eigenvalue weighted by Crippen LogP contribution is -2.36. The average molecular weight is 529 g/mol. The van der Waals surface area contributed by atoms with Crippen LogP contribution < -0.4 is 9.47 Å². The number of esters is 2. The first-order valence-corrected chi connectivity index (χ1v) is 11.9. The molecule has 37 heavy (non-hydrogen) atoms. The number of rotatable bonds is 14. The Morgan fingerprint density at radius 3 is 2.08 bits per heavy atom. The maximum atomic E-state index is 12.9. The molecule has 2 rings (SSSR count). The lowest BCUT2D eigenvalue weighted by Gasteiger charge is -2.19. The van der Waals surface area contributed by atoms with Crippen molar-refractivity contribution in [3.63, 3.8) is 0 Å². The highest BCUT2D eigenvalue weighted by atomic mass is 19.4. The van der Waals surface area contributed by atoms with Crippen molar-refractivity contribution in [2.75, 3.05) is 13.2 Å². The Hall–Kier alpha value is -3.43. The molecule has 2 aromatic rings. The number of alkyl halides is 5. The van der Waals surface area contributed by atoms with E-state index in [1.54, 1.807) is 30.3 Å². The average Bonchev–Trinajstić information content (AvgIpc) is 2.85. The quantitative estimate of drug-likeness (QED) is 0.0841. The molecule has 0 atom stereocenters. The second-order valence-corrected chi connectivity index (χ2v) is 8.20. The monoisotopic (exact) mass is 528 g/mol. The van der Waals surface area contributed by atoms with E-state index in [1.807, 2.05) is 0 Å². The van der Waals surface area contributed by atoms with Crippen LogP contribution in [0.5, 0.6) is 11.5 Å². The van der Waals surface area contributed by atoms with Crippen LogP contribution in [0.2, 0.25) is 0 Å². The third kappa shape index (κ3) is 10.6. The van der Waals surface area contributed by atoms with Gasteiger partial charge < -0.3 is 14.2 Å². The van der Waals surface area contributed by atoms with Crippen LogP contribution in [0.1, 0.15) is 61.4 Å². The number of halogens is 5. The summed E-state index contributed by atoms with van der Waals surface area (Å²) in [6.45, 7) is 2.14. The van der Waals surface area contributed by atoms with Crippen LogP contribution in [0.15, 0.2) is 54.6 Å². The van der Waals surface area contributed by atoms with Gasteiger partial charge in [0.05, 0.1) is 18.8 Å². The molecule has 0 aliphatic rings. The molecule has 2 aromatic carbocycles. The summed E-state index contributed by atoms with van der Waals surface area (Å²) in [6.07, 6.45) is -0.497. The zero-order valence-electron chi connectivity index (χ0n) is 20.4. The molecule has 202 valence electrons. The van der Waals surface area contributed by atoms with Gasteiger partial charge in [-0.15, -0.1) is 0 Å². The van der Waals surface area contributed by atoms with Crippen LogP contribution in [0.25, 0.3) is 6.08 Å². The Labute approximate surface area is 212 Å². The van der Waals surface area contributed by atoms with Gasteiger partial charge in [-0.25, -0.2) is 9.59 Å². The molecule has 0 spiro atoms. The molecule has 0 aliphatic carbocycles. The maximum absolute atomic E-state index is 12.9. The summed E-state index contributed by atoms with van der Waals surface area (Å²) in [7, 11) is 0. The molecule has 0 saturated heterocycles. The molecule has 0 fully saturated rings. The molecule has 5 nitrogen and oxygen atoms in total. The fourth-order valence-corrected chi connectivity index (χ4v) is 3.04. The summed E-state index contributed by atoms with van der Waals surface area (Å²) in [6, 6.07) is 12.0. The lowest BCUT2D eigenvalue weighted by atomic mass is 10.2. The van der Waals surface area contributed by atoms with Gasteiger partial charge in [0.15, 0.2) is 0 Å². The summed E-state index contributed by atoms with van der Waals surface area (Å²) in [5.41, 5.74) is 0.888. The third-order valence-corrected chi connectivity index (χ3v) is 5.15. The van der Waals surface area contributed by atoms with E-state index >= 15 is 0 Å². The largest absolute Gasteiger partial charge is 0.494 e. The number of carbonyl (C=O) groups excluding carboxylic acids is 2. The van der Waals surface area contributed by atoms with E-state index in [1.165, 1.54) is 30.3 Å². The van der Waals surface area contributed by atoms with E-state index in [9.17, 15) is 31.5 Å². The predicted octanol–water partition coefficient (Wildman–Crippen LogP) is 7.40. The normalized spacial score (nSPS) is 11.9. The minimum atomic E-state index is -5.59. The standard InChI is InChI=1S/C27H29F5O5/c1-2-3-4-5-18-36-24(33)16-9-20-7-12-23(13-8-20)37-25(34)21-10-14-22(15-11-21)35-19-6-17-26(28,29)27(30,31)32/h7-16H,2-6,17-19H2,1H3. The molecule has 0 unspecified atom stereocenters. The summed E-state index contributed by atoms with van der Waals surface area (Å²) in [5.74, 6) is -5.38. The number of hydrogen-bond acceptors (Lipinski definition) is 5. The molecule has 0 amide bonds. The molecule has 0 bridgehead atoms. The SMILES string of the molecule is CCCCCCOC(=O)C=Cc1ccc(OC(=O)c2ccc(OCCCC(F)(F)C(F)(F)F)cc2)cc1. The van der Waals surface area contributed by atoms with E-state index in [0.29, 0.717) is 12.2 Å². The number of hydrogen-bond donors (Lipinski definition) is 0. The molecular formula is C27H29F5O5. The smallest absolute Gasteiger partial charge is 0.453 e. The Kier molecular flexibility index (Phi) is 11.6. The number of ether oxygens (including phenoxy) is 3. The van der Waals surface area contributed by atoms with Crippen LogP contribution in [0, 0.1) is 0 Å². The molecule has 0 saturated carbocycles. The highest BCUT2D eigenvalue weighted by Gasteiger charge is 2.56. The molecule has 0 N–H and O–H groups in total. The summed E-state index contributed by atoms with van der Waals surface area (Å²) >= 11 is 0. The molecule has 0 heterocycles. The van der Waals surface area contributed by atoms with Gasteiger partial charge in [0, 0.05) is 12.5 Å². The lowest BCUT2D eigenvalue weighted by molar-refractivity contribution is -0.284. The summed E-state index contributed by atoms with van der Waals surface area (Å²) in [4.78, 5) is 24.1. The third-order valence-electron chi connectivity index (χ3n) is 5.15. The van der Waals surface area contributed by atoms with Crippen molar-refractivity contribution in [2.45, 2.75) is 57.5 Å². The van der Waals surface area contributed by atoms with Crippen LogP contribution in [-0.4, -0.2) is 37.3 Å². The summed E-state index contributed by atoms with van der Waals surface area (Å²) < 4.78 is 77.8. The molecule has 0 aromatic heterocycles. The van der Waals surface area contributed by atoms with Crippen LogP contribution in [0.3, 0.4) is 0 Å². The van der Waals surface area contributed by atoms with Crippen molar-refractivity contribution >= 4 is 18.0 Å². The van der Waals surface area contributed by atoms with Gasteiger partial charge in [-0.1, -0.05) is 38.3 Å². The first-order valence-electron chi connectivity index (χ1n) is 11.9. The van der Waals surface area contributed by atoms with E-state index in [0.717, 1.165) is 25.7 Å². The number of carbonyl (C=O) groups is 2. The van der Waals surface area contributed by atoms with Gasteiger partial charge in [-0.05, 0) is 60.9 Å². The van der Waals surface area contributed by atoms with Crippen molar-refractivity contribution in [2.24, 2.45) is 0 Å². The Bertz CT molecular complexity index is 1010. The molecule has 10 heteroatoms. The first kappa shape index (κ1) is 29.8. The Morgan fingerprint density at radius 2 is 1.46 bits per heavy atom. The zero-order valence-corrected chi connectivity index (χ0v) is 20.4. The van der Waals surface area contributed by atoms with Crippen molar-refractivity contribution in [1.82, 2.24) is 0 Å². The van der Waals surface area contributed by atoms with E-state index < -0.39 is 36.9 Å². The van der Waals surface area contributed by atoms with Gasteiger partial charge in [0.25, 0.3) is 0 Å². The van der Waals surface area contributed by atoms with Gasteiger partial charge in [0.1, 0.15) is 11.5 Å². The van der Waals surface area contributed by atoms with Crippen molar-refractivity contribution in [1.29, 1.82) is 0 Å². The number of benzene rings is 2. The van der Waals surface area contributed by atoms with Crippen LogP contribution >= 0.6 is 0 Å². The first-order chi connectivity index (χ1) is 17.5. The highest BCUT2D eigenvalue weighted by molar-refractivity contribution is 5.91. The van der Waals surface area contributed by atoms with Crippen molar-refractivity contribution in [3.8, 4) is 11.5 Å². The fraction of sp³-hybridized carbons (Fsp3) is 0.407.